The maximum atomic E-state index is 11.2. The third kappa shape index (κ3) is 1.46. The topological polar surface area (TPSA) is 63.6 Å². The van der Waals surface area contributed by atoms with Crippen LogP contribution in [0, 0.1) is 0 Å². The van der Waals surface area contributed by atoms with Gasteiger partial charge in [-0.25, -0.2) is 0 Å². The second-order valence-corrected chi connectivity index (χ2v) is 3.87. The van der Waals surface area contributed by atoms with E-state index in [-0.39, 0.29) is 5.56 Å². The average molecular weight is 269 g/mol. The summed E-state index contributed by atoms with van der Waals surface area (Å²) in [5.41, 5.74) is -0.687. The monoisotopic (exact) mass is 270 g/mol. The Morgan fingerprint density at radius 1 is 1.20 bits per heavy atom. The molecule has 0 amide bonds. The minimum atomic E-state index is -0.825. The average Bonchev–Trinajstić information content (AvgIpc) is 2.30. The normalized spacial score (nSPS) is 14.3. The zero-order valence-corrected chi connectivity index (χ0v) is 9.31. The van der Waals surface area contributed by atoms with Gasteiger partial charge in [-0.05, 0) is 0 Å². The van der Waals surface area contributed by atoms with Crippen LogP contribution in [0.5, 0.6) is 5.75 Å². The molecule has 1 heterocycles. The van der Waals surface area contributed by atoms with Crippen LogP contribution in [-0.4, -0.2) is 21.1 Å². The number of ether oxygens (including phenoxy) is 1. The van der Waals surface area contributed by atoms with E-state index in [0.29, 0.717) is 10.0 Å². The van der Waals surface area contributed by atoms with Crippen LogP contribution in [0.25, 0.3) is 4.47 Å². The first-order valence-electron chi connectivity index (χ1n) is 4.07. The summed E-state index contributed by atoms with van der Waals surface area (Å²) in [4.78, 5) is 22.0. The van der Waals surface area contributed by atoms with Crippen LogP contribution >= 0.6 is 0 Å². The van der Waals surface area contributed by atoms with Crippen LogP contribution in [-0.2, 0) is 4.74 Å². The minimum absolute atomic E-state index is 0.0752. The van der Waals surface area contributed by atoms with Gasteiger partial charge in [0.15, 0.2) is 0 Å². The molecule has 0 radical (unpaired) electrons. The van der Waals surface area contributed by atoms with E-state index in [1.807, 2.05) is 0 Å². The predicted octanol–water partition coefficient (Wildman–Crippen LogP) is -0.342. The molecule has 1 aromatic rings. The summed E-state index contributed by atoms with van der Waals surface area (Å²) in [6, 6.07) is 0. The van der Waals surface area contributed by atoms with E-state index in [4.69, 9.17) is 4.74 Å². The van der Waals surface area contributed by atoms with Crippen molar-refractivity contribution in [3.63, 3.8) is 0 Å². The molecule has 0 atom stereocenters. The molecule has 1 aromatic carbocycles. The summed E-state index contributed by atoms with van der Waals surface area (Å²) in [6.07, 6.45) is 6.19. The first-order valence-corrected chi connectivity index (χ1v) is 5.01. The van der Waals surface area contributed by atoms with Crippen molar-refractivity contribution in [2.75, 3.05) is 0 Å². The molecule has 0 saturated carbocycles. The molecule has 0 unspecified atom stereocenters. The molecule has 1 aliphatic rings. The Balaban J connectivity index is 2.54. The molecule has 0 spiro atoms. The van der Waals surface area contributed by atoms with Gasteiger partial charge in [-0.15, -0.1) is 0 Å². The van der Waals surface area contributed by atoms with E-state index in [1.54, 1.807) is 12.2 Å². The van der Waals surface area contributed by atoms with Crippen molar-refractivity contribution >= 4 is 20.5 Å². The summed E-state index contributed by atoms with van der Waals surface area (Å²) in [6.45, 7) is 0. The Labute approximate surface area is 92.7 Å². The molecule has 0 fully saturated rings. The van der Waals surface area contributed by atoms with Gasteiger partial charge in [0.05, 0.1) is 0 Å². The Morgan fingerprint density at radius 2 is 1.80 bits per heavy atom. The van der Waals surface area contributed by atoms with Crippen molar-refractivity contribution in [3.8, 4) is 5.75 Å². The van der Waals surface area contributed by atoms with Crippen molar-refractivity contribution in [3.05, 3.63) is 56.3 Å². The molecule has 0 aromatic heterocycles. The number of hydrogen-bond acceptors (Lipinski definition) is 4. The summed E-state index contributed by atoms with van der Waals surface area (Å²) >= 11 is 2.17. The summed E-state index contributed by atoms with van der Waals surface area (Å²) in [5.74, 6) is -0.462. The van der Waals surface area contributed by atoms with Crippen molar-refractivity contribution in [1.82, 2.24) is 0 Å². The fraction of sp³-hybridized carbons (Fsp3) is 0. The molecule has 5 heteroatoms. The molecule has 76 valence electrons. The van der Waals surface area contributed by atoms with Crippen molar-refractivity contribution < 1.29 is 9.84 Å². The first-order chi connectivity index (χ1) is 7.13. The molecule has 4 nitrogen and oxygen atoms in total. The van der Waals surface area contributed by atoms with Crippen LogP contribution in [0.2, 0.25) is 0 Å². The van der Waals surface area contributed by atoms with Crippen molar-refractivity contribution in [2.45, 2.75) is 0 Å². The second-order valence-electron chi connectivity index (χ2n) is 2.93. The molecule has 1 aliphatic heterocycles. The fourth-order valence-corrected chi connectivity index (χ4v) is 1.98. The third-order valence-electron chi connectivity index (χ3n) is 2.05. The number of allylic oxidation sites excluding steroid dienone is 3. The van der Waals surface area contributed by atoms with E-state index >= 15 is 0 Å². The SMILES string of the molecule is O=c1c(O)c(C([SeH])=C2C=COC=C2)c1=O. The van der Waals surface area contributed by atoms with E-state index in [1.165, 1.54) is 12.5 Å². The van der Waals surface area contributed by atoms with Gasteiger partial charge in [0.25, 0.3) is 0 Å². The Bertz CT molecular complexity index is 556. The summed E-state index contributed by atoms with van der Waals surface area (Å²) < 4.78 is 5.34. The first kappa shape index (κ1) is 9.96. The van der Waals surface area contributed by atoms with Crippen LogP contribution in [0.15, 0.2) is 39.8 Å². The van der Waals surface area contributed by atoms with E-state index < -0.39 is 16.6 Å². The molecular formula is C10H6O4Se. The van der Waals surface area contributed by atoms with E-state index in [2.05, 4.69) is 16.0 Å². The maximum absolute atomic E-state index is 11.2. The number of aromatic hydroxyl groups is 1. The van der Waals surface area contributed by atoms with Gasteiger partial charge >= 0.3 is 92.3 Å². The summed E-state index contributed by atoms with van der Waals surface area (Å²) in [7, 11) is 0. The zero-order valence-electron chi connectivity index (χ0n) is 7.43. The Hall–Kier alpha value is -1.58. The summed E-state index contributed by atoms with van der Waals surface area (Å²) in [5, 5.41) is 9.23. The molecule has 0 saturated heterocycles. The van der Waals surface area contributed by atoms with Crippen LogP contribution in [0.4, 0.5) is 0 Å². The number of rotatable bonds is 1. The molecule has 15 heavy (non-hydrogen) atoms. The quantitative estimate of drug-likeness (QED) is 0.559. The van der Waals surface area contributed by atoms with Gasteiger partial charge in [0.2, 0.25) is 0 Å². The van der Waals surface area contributed by atoms with Crippen molar-refractivity contribution in [1.29, 1.82) is 0 Å². The standard InChI is InChI=1S/C10H6O4Se/c11-7-6(8(12)9(7)13)10(15)5-1-3-14-4-2-5/h1-4,11,15H. The van der Waals surface area contributed by atoms with Gasteiger partial charge in [-0.1, -0.05) is 0 Å². The number of hydrogen-bond donors (Lipinski definition) is 1. The van der Waals surface area contributed by atoms with E-state index in [0.717, 1.165) is 0 Å². The van der Waals surface area contributed by atoms with Gasteiger partial charge in [-0.2, -0.15) is 0 Å². The van der Waals surface area contributed by atoms with Crippen LogP contribution < -0.4 is 10.9 Å². The Kier molecular flexibility index (Phi) is 2.34. The molecular weight excluding hydrogens is 263 g/mol. The van der Waals surface area contributed by atoms with Gasteiger partial charge < -0.3 is 0 Å². The fourth-order valence-electron chi connectivity index (χ4n) is 1.23. The van der Waals surface area contributed by atoms with Crippen LogP contribution in [0.1, 0.15) is 5.56 Å². The van der Waals surface area contributed by atoms with E-state index in [9.17, 15) is 14.7 Å². The Morgan fingerprint density at radius 3 is 2.33 bits per heavy atom. The van der Waals surface area contributed by atoms with Gasteiger partial charge in [0.1, 0.15) is 0 Å². The predicted molar refractivity (Wildman–Crippen MR) is 56.5 cm³/mol. The van der Waals surface area contributed by atoms with Crippen LogP contribution in [0.3, 0.4) is 0 Å². The van der Waals surface area contributed by atoms with Gasteiger partial charge in [-0.3, -0.25) is 0 Å². The molecule has 0 aliphatic carbocycles. The molecule has 1 N–H and O–H groups in total. The third-order valence-corrected chi connectivity index (χ3v) is 3.06. The van der Waals surface area contributed by atoms with Gasteiger partial charge in [0, 0.05) is 0 Å². The van der Waals surface area contributed by atoms with Crippen molar-refractivity contribution in [2.24, 2.45) is 0 Å². The molecule has 0 bridgehead atoms. The zero-order chi connectivity index (χ0) is 11.0. The second kappa shape index (κ2) is 3.53. The molecule has 2 rings (SSSR count).